The standard InChI is InChI=1S/C12H13BrO2/c1-15-12(14)7-9-6-11(9)8-2-4-10(13)5-3-8/h2-5,9,11H,6-7H2,1H3. The number of methoxy groups -OCH3 is 1. The zero-order valence-corrected chi connectivity index (χ0v) is 10.2. The summed E-state index contributed by atoms with van der Waals surface area (Å²) in [6.07, 6.45) is 1.66. The van der Waals surface area contributed by atoms with Crippen molar-refractivity contribution >= 4 is 21.9 Å². The number of carbonyl (C=O) groups excluding carboxylic acids is 1. The van der Waals surface area contributed by atoms with Crippen molar-refractivity contribution in [3.05, 3.63) is 34.3 Å². The number of carbonyl (C=O) groups is 1. The molecule has 1 aliphatic rings. The molecule has 0 N–H and O–H groups in total. The SMILES string of the molecule is COC(=O)CC1CC1c1ccc(Br)cc1. The van der Waals surface area contributed by atoms with Crippen molar-refractivity contribution in [1.29, 1.82) is 0 Å². The average Bonchev–Trinajstić information content (AvgIpc) is 2.98. The van der Waals surface area contributed by atoms with Gasteiger partial charge in [0.2, 0.25) is 0 Å². The lowest BCUT2D eigenvalue weighted by Crippen LogP contribution is -2.01. The van der Waals surface area contributed by atoms with E-state index in [2.05, 4.69) is 32.8 Å². The average molecular weight is 269 g/mol. The van der Waals surface area contributed by atoms with Crippen LogP contribution in [0.4, 0.5) is 0 Å². The van der Waals surface area contributed by atoms with E-state index in [1.54, 1.807) is 0 Å². The molecule has 15 heavy (non-hydrogen) atoms. The first-order chi connectivity index (χ1) is 7.20. The Morgan fingerprint density at radius 3 is 2.73 bits per heavy atom. The summed E-state index contributed by atoms with van der Waals surface area (Å²) in [7, 11) is 1.44. The lowest BCUT2D eigenvalue weighted by molar-refractivity contribution is -0.141. The van der Waals surface area contributed by atoms with E-state index in [-0.39, 0.29) is 5.97 Å². The second-order valence-electron chi connectivity index (χ2n) is 3.93. The van der Waals surface area contributed by atoms with E-state index in [4.69, 9.17) is 0 Å². The maximum atomic E-state index is 11.1. The first-order valence-electron chi connectivity index (χ1n) is 5.03. The third-order valence-corrected chi connectivity index (χ3v) is 3.41. The van der Waals surface area contributed by atoms with Gasteiger partial charge in [-0.2, -0.15) is 0 Å². The molecule has 0 amide bonds. The zero-order chi connectivity index (χ0) is 10.8. The summed E-state index contributed by atoms with van der Waals surface area (Å²) in [4.78, 5) is 11.1. The van der Waals surface area contributed by atoms with Gasteiger partial charge < -0.3 is 4.74 Å². The van der Waals surface area contributed by atoms with Gasteiger partial charge in [-0.1, -0.05) is 28.1 Å². The Labute approximate surface area is 97.8 Å². The van der Waals surface area contributed by atoms with Crippen molar-refractivity contribution in [1.82, 2.24) is 0 Å². The molecule has 0 aliphatic heterocycles. The van der Waals surface area contributed by atoms with Gasteiger partial charge in [-0.25, -0.2) is 0 Å². The Hall–Kier alpha value is -0.830. The molecule has 1 saturated carbocycles. The minimum atomic E-state index is -0.0976. The molecule has 0 heterocycles. The topological polar surface area (TPSA) is 26.3 Å². The largest absolute Gasteiger partial charge is 0.469 e. The number of hydrogen-bond donors (Lipinski definition) is 0. The first kappa shape index (κ1) is 10.7. The van der Waals surface area contributed by atoms with Gasteiger partial charge >= 0.3 is 5.97 Å². The van der Waals surface area contributed by atoms with Gasteiger partial charge in [0.15, 0.2) is 0 Å². The van der Waals surface area contributed by atoms with E-state index in [0.29, 0.717) is 18.3 Å². The summed E-state index contributed by atoms with van der Waals surface area (Å²) in [5.41, 5.74) is 1.33. The van der Waals surface area contributed by atoms with Crippen LogP contribution in [0.1, 0.15) is 24.3 Å². The molecule has 1 fully saturated rings. The summed E-state index contributed by atoms with van der Waals surface area (Å²) >= 11 is 3.41. The highest BCUT2D eigenvalue weighted by Gasteiger charge is 2.39. The lowest BCUT2D eigenvalue weighted by atomic mass is 10.1. The molecule has 0 spiro atoms. The minimum Gasteiger partial charge on any atom is -0.469 e. The molecule has 0 aromatic heterocycles. The maximum absolute atomic E-state index is 11.1. The summed E-state index contributed by atoms with van der Waals surface area (Å²) < 4.78 is 5.75. The molecule has 80 valence electrons. The van der Waals surface area contributed by atoms with Gasteiger partial charge in [0.25, 0.3) is 0 Å². The van der Waals surface area contributed by atoms with Crippen molar-refractivity contribution in [3.63, 3.8) is 0 Å². The molecule has 2 nitrogen and oxygen atoms in total. The van der Waals surface area contributed by atoms with Gasteiger partial charge in [-0.05, 0) is 36.0 Å². The molecule has 2 unspecified atom stereocenters. The van der Waals surface area contributed by atoms with Crippen molar-refractivity contribution in [3.8, 4) is 0 Å². The highest BCUT2D eigenvalue weighted by Crippen LogP contribution is 2.49. The van der Waals surface area contributed by atoms with Gasteiger partial charge in [0.05, 0.1) is 7.11 Å². The summed E-state index contributed by atoms with van der Waals surface area (Å²) in [5.74, 6) is 0.940. The Bertz CT molecular complexity index is 358. The first-order valence-corrected chi connectivity index (χ1v) is 5.82. The van der Waals surface area contributed by atoms with Crippen LogP contribution in [0.25, 0.3) is 0 Å². The van der Waals surface area contributed by atoms with Gasteiger partial charge in [-0.3, -0.25) is 4.79 Å². The highest BCUT2D eigenvalue weighted by atomic mass is 79.9. The van der Waals surface area contributed by atoms with Crippen LogP contribution in [0.5, 0.6) is 0 Å². The van der Waals surface area contributed by atoms with E-state index in [9.17, 15) is 4.79 Å². The highest BCUT2D eigenvalue weighted by molar-refractivity contribution is 9.10. The molecule has 2 rings (SSSR count). The van der Waals surface area contributed by atoms with Crippen LogP contribution in [-0.2, 0) is 9.53 Å². The molecular weight excluding hydrogens is 256 g/mol. The van der Waals surface area contributed by atoms with Crippen molar-refractivity contribution in [2.45, 2.75) is 18.8 Å². The molecule has 0 bridgehead atoms. The maximum Gasteiger partial charge on any atom is 0.305 e. The van der Waals surface area contributed by atoms with E-state index in [1.807, 2.05) is 12.1 Å². The summed E-state index contributed by atoms with van der Waals surface area (Å²) in [6.45, 7) is 0. The van der Waals surface area contributed by atoms with Gasteiger partial charge in [0.1, 0.15) is 0 Å². The number of halogens is 1. The quantitative estimate of drug-likeness (QED) is 0.788. The lowest BCUT2D eigenvalue weighted by Gasteiger charge is -2.00. The number of esters is 1. The van der Waals surface area contributed by atoms with Crippen LogP contribution >= 0.6 is 15.9 Å². The molecule has 1 aromatic rings. The van der Waals surface area contributed by atoms with Crippen molar-refractivity contribution in [2.75, 3.05) is 7.11 Å². The Kier molecular flexibility index (Phi) is 3.10. The van der Waals surface area contributed by atoms with Crippen LogP contribution in [0.15, 0.2) is 28.7 Å². The normalized spacial score (nSPS) is 23.6. The Morgan fingerprint density at radius 2 is 2.13 bits per heavy atom. The van der Waals surface area contributed by atoms with Crippen LogP contribution < -0.4 is 0 Å². The third-order valence-electron chi connectivity index (χ3n) is 2.88. The fraction of sp³-hybridized carbons (Fsp3) is 0.417. The molecule has 1 aliphatic carbocycles. The minimum absolute atomic E-state index is 0.0976. The van der Waals surface area contributed by atoms with E-state index in [1.165, 1.54) is 12.7 Å². The zero-order valence-electron chi connectivity index (χ0n) is 8.57. The fourth-order valence-electron chi connectivity index (χ4n) is 1.89. The van der Waals surface area contributed by atoms with Crippen LogP contribution in [0, 0.1) is 5.92 Å². The second-order valence-corrected chi connectivity index (χ2v) is 4.85. The molecular formula is C12H13BrO2. The fourth-order valence-corrected chi connectivity index (χ4v) is 2.15. The van der Waals surface area contributed by atoms with E-state index >= 15 is 0 Å². The predicted molar refractivity (Wildman–Crippen MR) is 61.6 cm³/mol. The number of hydrogen-bond acceptors (Lipinski definition) is 2. The van der Waals surface area contributed by atoms with Crippen molar-refractivity contribution in [2.24, 2.45) is 5.92 Å². The molecule has 3 heteroatoms. The van der Waals surface area contributed by atoms with E-state index in [0.717, 1.165) is 10.9 Å². The van der Waals surface area contributed by atoms with Gasteiger partial charge in [-0.15, -0.1) is 0 Å². The molecule has 1 aromatic carbocycles. The Balaban J connectivity index is 1.93. The summed E-state index contributed by atoms with van der Waals surface area (Å²) in [5, 5.41) is 0. The van der Waals surface area contributed by atoms with Crippen molar-refractivity contribution < 1.29 is 9.53 Å². The van der Waals surface area contributed by atoms with Crippen LogP contribution in [-0.4, -0.2) is 13.1 Å². The molecule has 2 atom stereocenters. The Morgan fingerprint density at radius 1 is 1.47 bits per heavy atom. The molecule has 0 radical (unpaired) electrons. The molecule has 0 saturated heterocycles. The monoisotopic (exact) mass is 268 g/mol. The summed E-state index contributed by atoms with van der Waals surface area (Å²) in [6, 6.07) is 8.32. The van der Waals surface area contributed by atoms with E-state index < -0.39 is 0 Å². The third kappa shape index (κ3) is 2.59. The number of rotatable bonds is 3. The number of benzene rings is 1. The van der Waals surface area contributed by atoms with Crippen LogP contribution in [0.3, 0.4) is 0 Å². The predicted octanol–water partition coefficient (Wildman–Crippen LogP) is 3.12. The number of ether oxygens (including phenoxy) is 1. The van der Waals surface area contributed by atoms with Crippen LogP contribution in [0.2, 0.25) is 0 Å². The smallest absolute Gasteiger partial charge is 0.305 e. The second kappa shape index (κ2) is 4.35. The van der Waals surface area contributed by atoms with Gasteiger partial charge in [0, 0.05) is 10.9 Å².